The van der Waals surface area contributed by atoms with Crippen LogP contribution >= 0.6 is 0 Å². The molecule has 0 spiro atoms. The van der Waals surface area contributed by atoms with E-state index in [0.29, 0.717) is 17.5 Å². The molecule has 0 unspecified atom stereocenters. The number of esters is 1. The summed E-state index contributed by atoms with van der Waals surface area (Å²) in [5.74, 6) is 1.03. The molecule has 0 aliphatic carbocycles. The predicted octanol–water partition coefficient (Wildman–Crippen LogP) is 4.80. The molecule has 4 aromatic rings. The summed E-state index contributed by atoms with van der Waals surface area (Å²) in [4.78, 5) is 24.9. The molecule has 0 saturated carbocycles. The number of hydrogen-bond donors (Lipinski definition) is 0. The van der Waals surface area contributed by atoms with Crippen LogP contribution in [-0.4, -0.2) is 26.1 Å². The summed E-state index contributed by atoms with van der Waals surface area (Å²) in [5, 5.41) is 3.96. The maximum Gasteiger partial charge on any atom is 0.344 e. The van der Waals surface area contributed by atoms with E-state index in [-0.39, 0.29) is 23.9 Å². The molecule has 31 heavy (non-hydrogen) atoms. The number of rotatable bonds is 7. The van der Waals surface area contributed by atoms with Crippen molar-refractivity contribution < 1.29 is 18.8 Å². The van der Waals surface area contributed by atoms with Crippen molar-refractivity contribution >= 4 is 5.97 Å². The SMILES string of the molecule is CC(C)c1ccc(-c2noc(COC(=O)c3cccnc3Oc3cccnc3)n2)cc1. The van der Waals surface area contributed by atoms with Gasteiger partial charge in [0.2, 0.25) is 11.7 Å². The molecule has 3 aromatic heterocycles. The van der Waals surface area contributed by atoms with Crippen molar-refractivity contribution in [2.24, 2.45) is 0 Å². The van der Waals surface area contributed by atoms with Gasteiger partial charge in [0.1, 0.15) is 11.3 Å². The molecule has 0 atom stereocenters. The maximum atomic E-state index is 12.6. The average molecular weight is 416 g/mol. The largest absolute Gasteiger partial charge is 0.452 e. The van der Waals surface area contributed by atoms with E-state index in [1.807, 2.05) is 24.3 Å². The normalized spacial score (nSPS) is 10.8. The quantitative estimate of drug-likeness (QED) is 0.396. The smallest absolute Gasteiger partial charge is 0.344 e. The van der Waals surface area contributed by atoms with Gasteiger partial charge in [0.25, 0.3) is 5.89 Å². The summed E-state index contributed by atoms with van der Waals surface area (Å²) in [5.41, 5.74) is 2.22. The zero-order valence-corrected chi connectivity index (χ0v) is 17.1. The number of benzene rings is 1. The Bertz CT molecular complexity index is 1160. The van der Waals surface area contributed by atoms with Crippen LogP contribution in [0.15, 0.2) is 71.6 Å². The number of carbonyl (C=O) groups excluding carboxylic acids is 1. The lowest BCUT2D eigenvalue weighted by Crippen LogP contribution is -2.08. The van der Waals surface area contributed by atoms with Gasteiger partial charge < -0.3 is 14.0 Å². The second-order valence-corrected chi connectivity index (χ2v) is 7.01. The molecule has 0 radical (unpaired) electrons. The highest BCUT2D eigenvalue weighted by molar-refractivity contribution is 5.91. The van der Waals surface area contributed by atoms with Crippen LogP contribution in [0.5, 0.6) is 11.6 Å². The third-order valence-corrected chi connectivity index (χ3v) is 4.47. The van der Waals surface area contributed by atoms with Gasteiger partial charge in [0, 0.05) is 18.0 Å². The number of pyridine rings is 2. The highest BCUT2D eigenvalue weighted by Gasteiger charge is 2.18. The summed E-state index contributed by atoms with van der Waals surface area (Å²) in [6.45, 7) is 4.09. The van der Waals surface area contributed by atoms with Gasteiger partial charge in [0.05, 0.1) is 6.20 Å². The Labute approximate surface area is 178 Å². The lowest BCUT2D eigenvalue weighted by Gasteiger charge is -2.08. The zero-order valence-electron chi connectivity index (χ0n) is 17.1. The minimum atomic E-state index is -0.618. The van der Waals surface area contributed by atoms with Gasteiger partial charge in [-0.05, 0) is 35.7 Å². The standard InChI is InChI=1S/C23H20N4O4/c1-15(2)16-7-9-17(10-8-16)21-26-20(31-27-21)14-29-23(28)19-6-4-12-25-22(19)30-18-5-3-11-24-13-18/h3-13,15H,14H2,1-2H3. The first-order valence-corrected chi connectivity index (χ1v) is 9.73. The van der Waals surface area contributed by atoms with Crippen LogP contribution in [-0.2, 0) is 11.3 Å². The molecule has 156 valence electrons. The monoisotopic (exact) mass is 416 g/mol. The lowest BCUT2D eigenvalue weighted by molar-refractivity contribution is 0.0426. The van der Waals surface area contributed by atoms with Crippen molar-refractivity contribution in [3.8, 4) is 23.0 Å². The van der Waals surface area contributed by atoms with Crippen molar-refractivity contribution in [2.75, 3.05) is 0 Å². The Morgan fingerprint density at radius 1 is 1.06 bits per heavy atom. The van der Waals surface area contributed by atoms with Crippen molar-refractivity contribution in [3.63, 3.8) is 0 Å². The molecule has 1 aromatic carbocycles. The predicted molar refractivity (Wildman–Crippen MR) is 111 cm³/mol. The Hall–Kier alpha value is -4.07. The van der Waals surface area contributed by atoms with Crippen LogP contribution in [0.25, 0.3) is 11.4 Å². The van der Waals surface area contributed by atoms with Crippen molar-refractivity contribution in [2.45, 2.75) is 26.4 Å². The molecule has 0 aliphatic rings. The molecule has 8 nitrogen and oxygen atoms in total. The van der Waals surface area contributed by atoms with E-state index in [1.54, 1.807) is 30.5 Å². The van der Waals surface area contributed by atoms with Gasteiger partial charge >= 0.3 is 5.97 Å². The number of aromatic nitrogens is 4. The van der Waals surface area contributed by atoms with E-state index in [9.17, 15) is 4.79 Å². The van der Waals surface area contributed by atoms with Crippen LogP contribution in [0, 0.1) is 0 Å². The lowest BCUT2D eigenvalue weighted by atomic mass is 10.0. The summed E-state index contributed by atoms with van der Waals surface area (Å²) in [6.07, 6.45) is 4.67. The third-order valence-electron chi connectivity index (χ3n) is 4.47. The highest BCUT2D eigenvalue weighted by atomic mass is 16.6. The van der Waals surface area contributed by atoms with Gasteiger partial charge in [-0.15, -0.1) is 0 Å². The maximum absolute atomic E-state index is 12.6. The van der Waals surface area contributed by atoms with Crippen molar-refractivity contribution in [1.29, 1.82) is 0 Å². The molecule has 8 heteroatoms. The van der Waals surface area contributed by atoms with E-state index in [0.717, 1.165) is 5.56 Å². The first-order chi connectivity index (χ1) is 15.1. The van der Waals surface area contributed by atoms with Gasteiger partial charge in [-0.2, -0.15) is 4.98 Å². The molecule has 3 heterocycles. The topological polar surface area (TPSA) is 100 Å². The second kappa shape index (κ2) is 9.17. The number of hydrogen-bond acceptors (Lipinski definition) is 8. The molecule has 4 rings (SSSR count). The van der Waals surface area contributed by atoms with Crippen LogP contribution in [0.3, 0.4) is 0 Å². The fraction of sp³-hybridized carbons (Fsp3) is 0.174. The van der Waals surface area contributed by atoms with Gasteiger partial charge in [-0.25, -0.2) is 9.78 Å². The van der Waals surface area contributed by atoms with Crippen molar-refractivity contribution in [1.82, 2.24) is 20.1 Å². The number of carbonyl (C=O) groups is 1. The first kappa shape index (κ1) is 20.2. The van der Waals surface area contributed by atoms with Gasteiger partial charge in [0.15, 0.2) is 6.61 Å². The molecular weight excluding hydrogens is 396 g/mol. The Balaban J connectivity index is 1.42. The van der Waals surface area contributed by atoms with E-state index in [1.165, 1.54) is 18.0 Å². The average Bonchev–Trinajstić information content (AvgIpc) is 3.28. The highest BCUT2D eigenvalue weighted by Crippen LogP contribution is 2.24. The van der Waals surface area contributed by atoms with Crippen LogP contribution < -0.4 is 4.74 Å². The molecule has 0 saturated heterocycles. The second-order valence-electron chi connectivity index (χ2n) is 7.01. The van der Waals surface area contributed by atoms with Crippen LogP contribution in [0.2, 0.25) is 0 Å². The minimum absolute atomic E-state index is 0.122. The molecule has 0 N–H and O–H groups in total. The third kappa shape index (κ3) is 4.92. The Kier molecular flexibility index (Phi) is 5.98. The van der Waals surface area contributed by atoms with Crippen LogP contribution in [0.4, 0.5) is 0 Å². The summed E-state index contributed by atoms with van der Waals surface area (Å²) < 4.78 is 16.2. The molecule has 0 bridgehead atoms. The van der Waals surface area contributed by atoms with Gasteiger partial charge in [-0.1, -0.05) is 43.3 Å². The van der Waals surface area contributed by atoms with Gasteiger partial charge in [-0.3, -0.25) is 4.98 Å². The molecule has 0 fully saturated rings. The van der Waals surface area contributed by atoms with Crippen molar-refractivity contribution in [3.05, 3.63) is 84.1 Å². The summed E-state index contributed by atoms with van der Waals surface area (Å²) in [6, 6.07) is 14.6. The summed E-state index contributed by atoms with van der Waals surface area (Å²) in [7, 11) is 0. The van der Waals surface area contributed by atoms with Crippen LogP contribution in [0.1, 0.15) is 41.6 Å². The zero-order chi connectivity index (χ0) is 21.6. The van der Waals surface area contributed by atoms with E-state index < -0.39 is 5.97 Å². The first-order valence-electron chi connectivity index (χ1n) is 9.73. The molecule has 0 amide bonds. The van der Waals surface area contributed by atoms with E-state index >= 15 is 0 Å². The Morgan fingerprint density at radius 2 is 1.87 bits per heavy atom. The van der Waals surface area contributed by atoms with E-state index in [4.69, 9.17) is 14.0 Å². The number of nitrogens with zero attached hydrogens (tertiary/aromatic N) is 4. The molecular formula is C23H20N4O4. The Morgan fingerprint density at radius 3 is 2.61 bits per heavy atom. The number of ether oxygens (including phenoxy) is 2. The fourth-order valence-corrected chi connectivity index (χ4v) is 2.80. The van der Waals surface area contributed by atoms with E-state index in [2.05, 4.69) is 34.0 Å². The minimum Gasteiger partial charge on any atom is -0.452 e. The molecule has 0 aliphatic heterocycles. The fourth-order valence-electron chi connectivity index (χ4n) is 2.80. The summed E-state index contributed by atoms with van der Waals surface area (Å²) >= 11 is 0.